The molecule has 112 valence electrons. The Hall–Kier alpha value is -1.08. The fraction of sp³-hybridized carbons (Fsp3) is 0.333. The van der Waals surface area contributed by atoms with Crippen molar-refractivity contribution in [3.05, 3.63) is 33.5 Å². The van der Waals surface area contributed by atoms with Crippen molar-refractivity contribution in [3.8, 4) is 0 Å². The summed E-state index contributed by atoms with van der Waals surface area (Å²) in [7, 11) is 0. The van der Waals surface area contributed by atoms with Crippen LogP contribution in [0.1, 0.15) is 23.7 Å². The third kappa shape index (κ3) is 4.20. The number of aromatic nitrogens is 1. The number of benzene rings is 1. The Labute approximate surface area is 142 Å². The van der Waals surface area contributed by atoms with Crippen LogP contribution in [0, 0.1) is 3.57 Å². The maximum atomic E-state index is 11.7. The topological polar surface area (TPSA) is 51.2 Å². The van der Waals surface area contributed by atoms with E-state index in [-0.39, 0.29) is 5.97 Å². The van der Waals surface area contributed by atoms with Crippen molar-refractivity contribution in [2.75, 3.05) is 24.3 Å². The van der Waals surface area contributed by atoms with Gasteiger partial charge in [0.25, 0.3) is 0 Å². The highest BCUT2D eigenvalue weighted by Gasteiger charge is 2.10. The fourth-order valence-electron chi connectivity index (χ4n) is 1.90. The number of hydrogen-bond donors (Lipinski definition) is 1. The molecule has 2 aromatic rings. The Bertz CT molecular complexity index is 649. The van der Waals surface area contributed by atoms with Gasteiger partial charge in [-0.1, -0.05) is 0 Å². The van der Waals surface area contributed by atoms with Crippen molar-refractivity contribution in [1.82, 2.24) is 4.98 Å². The van der Waals surface area contributed by atoms with Gasteiger partial charge >= 0.3 is 5.97 Å². The van der Waals surface area contributed by atoms with Gasteiger partial charge in [-0.2, -0.15) is 0 Å². The standard InChI is InChI=1S/C15H16ClIN2O2/c1-2-21-15(20)11-6-10-7-12(17)14(18-5-3-4-16)8-13(10)19-9-11/h6-9,18H,2-5H2,1H3. The van der Waals surface area contributed by atoms with Gasteiger partial charge in [-0.3, -0.25) is 4.98 Å². The Morgan fingerprint density at radius 1 is 1.43 bits per heavy atom. The van der Waals surface area contributed by atoms with Crippen LogP contribution in [0.4, 0.5) is 5.69 Å². The molecule has 1 heterocycles. The van der Waals surface area contributed by atoms with E-state index in [9.17, 15) is 4.79 Å². The van der Waals surface area contributed by atoms with E-state index < -0.39 is 0 Å². The molecular weight excluding hydrogens is 403 g/mol. The smallest absolute Gasteiger partial charge is 0.339 e. The average Bonchev–Trinajstić information content (AvgIpc) is 2.47. The molecule has 0 atom stereocenters. The molecule has 21 heavy (non-hydrogen) atoms. The molecular formula is C15H16ClIN2O2. The van der Waals surface area contributed by atoms with E-state index in [0.717, 1.165) is 33.1 Å². The third-order valence-electron chi connectivity index (χ3n) is 2.91. The molecule has 6 heteroatoms. The van der Waals surface area contributed by atoms with E-state index >= 15 is 0 Å². The van der Waals surface area contributed by atoms with Crippen LogP contribution in [-0.2, 0) is 4.74 Å². The summed E-state index contributed by atoms with van der Waals surface area (Å²) in [6.45, 7) is 2.97. The number of rotatable bonds is 6. The van der Waals surface area contributed by atoms with Gasteiger partial charge < -0.3 is 10.1 Å². The van der Waals surface area contributed by atoms with Crippen molar-refractivity contribution in [1.29, 1.82) is 0 Å². The summed E-state index contributed by atoms with van der Waals surface area (Å²) in [6.07, 6.45) is 2.46. The van der Waals surface area contributed by atoms with Crippen molar-refractivity contribution < 1.29 is 9.53 Å². The van der Waals surface area contributed by atoms with Crippen LogP contribution in [0.15, 0.2) is 24.4 Å². The summed E-state index contributed by atoms with van der Waals surface area (Å²) in [5, 5.41) is 4.26. The number of pyridine rings is 1. The lowest BCUT2D eigenvalue weighted by molar-refractivity contribution is 0.0526. The van der Waals surface area contributed by atoms with Crippen LogP contribution in [-0.4, -0.2) is 30.0 Å². The third-order valence-corrected chi connectivity index (χ3v) is 4.07. The largest absolute Gasteiger partial charge is 0.462 e. The summed E-state index contributed by atoms with van der Waals surface area (Å²) in [5.41, 5.74) is 2.35. The molecule has 2 rings (SSSR count). The Morgan fingerprint density at radius 2 is 2.24 bits per heavy atom. The van der Waals surface area contributed by atoms with Gasteiger partial charge in [0.05, 0.1) is 17.7 Å². The lowest BCUT2D eigenvalue weighted by atomic mass is 10.1. The summed E-state index contributed by atoms with van der Waals surface area (Å²) in [5.74, 6) is 0.296. The molecule has 1 aromatic heterocycles. The van der Waals surface area contributed by atoms with E-state index in [0.29, 0.717) is 18.1 Å². The minimum atomic E-state index is -0.341. The van der Waals surface area contributed by atoms with Crippen molar-refractivity contribution in [3.63, 3.8) is 0 Å². The number of nitrogens with zero attached hydrogens (tertiary/aromatic N) is 1. The summed E-state index contributed by atoms with van der Waals surface area (Å²) in [4.78, 5) is 16.1. The first-order chi connectivity index (χ1) is 10.2. The highest BCUT2D eigenvalue weighted by Crippen LogP contribution is 2.25. The molecule has 0 saturated carbocycles. The number of hydrogen-bond acceptors (Lipinski definition) is 4. The molecule has 0 aliphatic heterocycles. The molecule has 0 aliphatic rings. The molecule has 4 nitrogen and oxygen atoms in total. The maximum Gasteiger partial charge on any atom is 0.339 e. The molecule has 0 bridgehead atoms. The highest BCUT2D eigenvalue weighted by molar-refractivity contribution is 14.1. The summed E-state index contributed by atoms with van der Waals surface area (Å²) in [6, 6.07) is 5.81. The SMILES string of the molecule is CCOC(=O)c1cnc2cc(NCCCCl)c(I)cc2c1. The van der Waals surface area contributed by atoms with Crippen molar-refractivity contribution in [2.45, 2.75) is 13.3 Å². The van der Waals surface area contributed by atoms with Gasteiger partial charge in [-0.15, -0.1) is 11.6 Å². The van der Waals surface area contributed by atoms with Gasteiger partial charge in [0.1, 0.15) is 0 Å². The number of ether oxygens (including phenoxy) is 1. The second-order valence-corrected chi connectivity index (χ2v) is 5.98. The molecule has 1 aromatic carbocycles. The van der Waals surface area contributed by atoms with Gasteiger partial charge in [0.2, 0.25) is 0 Å². The van der Waals surface area contributed by atoms with Crippen molar-refractivity contribution in [2.24, 2.45) is 0 Å². The number of nitrogens with one attached hydrogen (secondary N) is 1. The zero-order chi connectivity index (χ0) is 15.2. The van der Waals surface area contributed by atoms with Crippen LogP contribution in [0.25, 0.3) is 10.9 Å². The molecule has 0 radical (unpaired) electrons. The minimum Gasteiger partial charge on any atom is -0.462 e. The van der Waals surface area contributed by atoms with Gasteiger partial charge in [-0.25, -0.2) is 4.79 Å². The molecule has 0 spiro atoms. The highest BCUT2D eigenvalue weighted by atomic mass is 127. The first-order valence-corrected chi connectivity index (χ1v) is 8.33. The van der Waals surface area contributed by atoms with Gasteiger partial charge in [-0.05, 0) is 54.1 Å². The van der Waals surface area contributed by atoms with Crippen molar-refractivity contribution >= 4 is 56.8 Å². The fourth-order valence-corrected chi connectivity index (χ4v) is 2.72. The number of alkyl halides is 1. The second kappa shape index (κ2) is 7.79. The zero-order valence-corrected chi connectivity index (χ0v) is 14.6. The second-order valence-electron chi connectivity index (χ2n) is 4.44. The molecule has 0 aliphatic carbocycles. The quantitative estimate of drug-likeness (QED) is 0.333. The van der Waals surface area contributed by atoms with Gasteiger partial charge in [0, 0.05) is 33.3 Å². The molecule has 1 N–H and O–H groups in total. The number of carbonyl (C=O) groups is 1. The number of halogens is 2. The molecule has 0 saturated heterocycles. The summed E-state index contributed by atoms with van der Waals surface area (Å²) < 4.78 is 6.07. The molecule has 0 fully saturated rings. The van der Waals surface area contributed by atoms with Crippen LogP contribution in [0.5, 0.6) is 0 Å². The molecule has 0 unspecified atom stereocenters. The average molecular weight is 419 g/mol. The predicted molar refractivity (Wildman–Crippen MR) is 94.2 cm³/mol. The van der Waals surface area contributed by atoms with Gasteiger partial charge in [0.15, 0.2) is 0 Å². The first kappa shape index (κ1) is 16.3. The van der Waals surface area contributed by atoms with E-state index in [1.165, 1.54) is 0 Å². The van der Waals surface area contributed by atoms with E-state index in [4.69, 9.17) is 16.3 Å². The Kier molecular flexibility index (Phi) is 6.05. The van der Waals surface area contributed by atoms with E-state index in [2.05, 4.69) is 32.9 Å². The minimum absolute atomic E-state index is 0.341. The number of anilines is 1. The number of esters is 1. The Balaban J connectivity index is 2.28. The number of fused-ring (bicyclic) bond motifs is 1. The lowest BCUT2D eigenvalue weighted by Crippen LogP contribution is -2.06. The Morgan fingerprint density at radius 3 is 2.95 bits per heavy atom. The summed E-state index contributed by atoms with van der Waals surface area (Å²) >= 11 is 7.94. The first-order valence-electron chi connectivity index (χ1n) is 6.72. The number of carbonyl (C=O) groups excluding carboxylic acids is 1. The zero-order valence-electron chi connectivity index (χ0n) is 11.7. The van der Waals surface area contributed by atoms with Crippen LogP contribution in [0.2, 0.25) is 0 Å². The monoisotopic (exact) mass is 418 g/mol. The maximum absolute atomic E-state index is 11.7. The van der Waals surface area contributed by atoms with E-state index in [1.807, 2.05) is 18.2 Å². The van der Waals surface area contributed by atoms with Crippen LogP contribution < -0.4 is 5.32 Å². The van der Waals surface area contributed by atoms with E-state index in [1.54, 1.807) is 13.1 Å². The lowest BCUT2D eigenvalue weighted by Gasteiger charge is -2.10. The van der Waals surface area contributed by atoms with Crippen LogP contribution >= 0.6 is 34.2 Å². The predicted octanol–water partition coefficient (Wildman–Crippen LogP) is 4.06. The van der Waals surface area contributed by atoms with Crippen LogP contribution in [0.3, 0.4) is 0 Å². The molecule has 0 amide bonds. The normalized spacial score (nSPS) is 10.6.